The monoisotopic (exact) mass is 471 g/mol. The standard InChI is InChI=1S/C25H30NO4PS/c1-16(2)12-13-30-31(29,22-11-8-18(4)14-19(22)5)26-21-15-23(32-24(21)25(27)28)20-9-6-17(3)7-10-20/h6-11,14-16H,12-13H2,1-5H3,(H,26,29)(H,27,28). The number of aryl methyl sites for hydroxylation is 3. The van der Waals surface area contributed by atoms with Crippen molar-refractivity contribution in [2.75, 3.05) is 11.7 Å². The number of carboxylic acid groups (broad SMARTS) is 1. The summed E-state index contributed by atoms with van der Waals surface area (Å²) in [6.45, 7) is 10.3. The van der Waals surface area contributed by atoms with E-state index < -0.39 is 13.5 Å². The molecule has 1 aromatic heterocycles. The number of carboxylic acids is 1. The van der Waals surface area contributed by atoms with Gasteiger partial charge in [0, 0.05) is 4.88 Å². The van der Waals surface area contributed by atoms with Crippen molar-refractivity contribution in [3.05, 3.63) is 70.1 Å². The van der Waals surface area contributed by atoms with E-state index in [1.165, 1.54) is 0 Å². The van der Waals surface area contributed by atoms with Crippen molar-refractivity contribution in [2.45, 2.75) is 41.0 Å². The van der Waals surface area contributed by atoms with Crippen LogP contribution in [0, 0.1) is 26.7 Å². The first kappa shape index (κ1) is 24.2. The molecule has 1 atom stereocenters. The molecule has 5 nitrogen and oxygen atoms in total. The number of aromatic carboxylic acids is 1. The van der Waals surface area contributed by atoms with Crippen LogP contribution in [0.5, 0.6) is 0 Å². The molecule has 170 valence electrons. The van der Waals surface area contributed by atoms with Crippen LogP contribution in [0.4, 0.5) is 5.69 Å². The molecule has 7 heteroatoms. The minimum atomic E-state index is -3.57. The van der Waals surface area contributed by atoms with Gasteiger partial charge in [-0.05, 0) is 56.4 Å². The smallest absolute Gasteiger partial charge is 0.348 e. The van der Waals surface area contributed by atoms with Gasteiger partial charge >= 0.3 is 13.5 Å². The maximum atomic E-state index is 14.1. The van der Waals surface area contributed by atoms with Crippen molar-refractivity contribution < 1.29 is 19.0 Å². The molecule has 0 aliphatic carbocycles. The molecule has 2 N–H and O–H groups in total. The van der Waals surface area contributed by atoms with Crippen molar-refractivity contribution in [3.63, 3.8) is 0 Å². The van der Waals surface area contributed by atoms with E-state index in [1.54, 1.807) is 6.07 Å². The lowest BCUT2D eigenvalue weighted by Crippen LogP contribution is -2.18. The van der Waals surface area contributed by atoms with Crippen LogP contribution in [-0.2, 0) is 9.09 Å². The molecule has 0 radical (unpaired) electrons. The number of benzene rings is 2. The molecule has 0 spiro atoms. The summed E-state index contributed by atoms with van der Waals surface area (Å²) in [7, 11) is -3.57. The van der Waals surface area contributed by atoms with E-state index in [4.69, 9.17) is 4.52 Å². The van der Waals surface area contributed by atoms with Crippen LogP contribution < -0.4 is 10.4 Å². The first-order valence-electron chi connectivity index (χ1n) is 10.6. The van der Waals surface area contributed by atoms with Crippen LogP contribution >= 0.6 is 18.9 Å². The lowest BCUT2D eigenvalue weighted by molar-refractivity contribution is 0.0703. The topological polar surface area (TPSA) is 75.6 Å². The SMILES string of the molecule is Cc1ccc(-c2cc(NP(=O)(OCCC(C)C)c3ccc(C)cc3C)c(C(=O)O)s2)cc1. The van der Waals surface area contributed by atoms with Crippen LogP contribution in [-0.4, -0.2) is 17.7 Å². The summed E-state index contributed by atoms with van der Waals surface area (Å²) >= 11 is 1.16. The Kier molecular flexibility index (Phi) is 7.60. The number of hydrogen-bond acceptors (Lipinski definition) is 4. The first-order chi connectivity index (χ1) is 15.1. The average molecular weight is 472 g/mol. The third kappa shape index (κ3) is 5.69. The largest absolute Gasteiger partial charge is 0.477 e. The van der Waals surface area contributed by atoms with Crippen molar-refractivity contribution in [2.24, 2.45) is 5.92 Å². The number of hydrogen-bond donors (Lipinski definition) is 2. The Morgan fingerprint density at radius 3 is 2.31 bits per heavy atom. The molecule has 0 amide bonds. The van der Waals surface area contributed by atoms with Gasteiger partial charge in [-0.3, -0.25) is 4.57 Å². The highest BCUT2D eigenvalue weighted by Gasteiger charge is 2.31. The summed E-state index contributed by atoms with van der Waals surface area (Å²) in [5, 5.41) is 13.4. The molecule has 3 aromatic rings. The van der Waals surface area contributed by atoms with Gasteiger partial charge in [0.15, 0.2) is 0 Å². The Morgan fingerprint density at radius 1 is 1.06 bits per heavy atom. The van der Waals surface area contributed by atoms with E-state index >= 15 is 0 Å². The second-order valence-corrected chi connectivity index (χ2v) is 11.6. The van der Waals surface area contributed by atoms with E-state index in [9.17, 15) is 14.5 Å². The van der Waals surface area contributed by atoms with Crippen LogP contribution in [0.2, 0.25) is 0 Å². The highest BCUT2D eigenvalue weighted by molar-refractivity contribution is 7.68. The third-order valence-electron chi connectivity index (χ3n) is 5.17. The molecule has 2 aromatic carbocycles. The van der Waals surface area contributed by atoms with Gasteiger partial charge in [-0.25, -0.2) is 4.79 Å². The van der Waals surface area contributed by atoms with Gasteiger partial charge in [-0.1, -0.05) is 61.4 Å². The maximum absolute atomic E-state index is 14.1. The van der Waals surface area contributed by atoms with Crippen LogP contribution in [0.3, 0.4) is 0 Å². The zero-order valence-corrected chi connectivity index (χ0v) is 20.8. The lowest BCUT2D eigenvalue weighted by atomic mass is 10.1. The van der Waals surface area contributed by atoms with Crippen molar-refractivity contribution in [3.8, 4) is 10.4 Å². The Bertz CT molecular complexity index is 1150. The van der Waals surface area contributed by atoms with Crippen molar-refractivity contribution in [1.82, 2.24) is 0 Å². The third-order valence-corrected chi connectivity index (χ3v) is 8.56. The summed E-state index contributed by atoms with van der Waals surface area (Å²) in [6, 6.07) is 15.3. The quantitative estimate of drug-likeness (QED) is 0.328. The molecule has 0 fully saturated rings. The zero-order chi connectivity index (χ0) is 23.5. The van der Waals surface area contributed by atoms with Crippen LogP contribution in [0.15, 0.2) is 48.5 Å². The van der Waals surface area contributed by atoms with Gasteiger partial charge in [0.25, 0.3) is 0 Å². The van der Waals surface area contributed by atoms with Crippen LogP contribution in [0.1, 0.15) is 46.6 Å². The molecule has 3 rings (SSSR count). The van der Waals surface area contributed by atoms with E-state index in [1.807, 2.05) is 63.2 Å². The normalized spacial score (nSPS) is 13.2. The van der Waals surface area contributed by atoms with Crippen LogP contribution in [0.25, 0.3) is 10.4 Å². The van der Waals surface area contributed by atoms with Gasteiger partial charge in [-0.15, -0.1) is 11.3 Å². The fraction of sp³-hybridized carbons (Fsp3) is 0.320. The molecule has 32 heavy (non-hydrogen) atoms. The zero-order valence-electron chi connectivity index (χ0n) is 19.1. The number of rotatable bonds is 9. The first-order valence-corrected chi connectivity index (χ1v) is 13.1. The molecule has 0 bridgehead atoms. The van der Waals surface area contributed by atoms with Gasteiger partial charge in [0.05, 0.1) is 17.6 Å². The van der Waals surface area contributed by atoms with Gasteiger partial charge in [-0.2, -0.15) is 0 Å². The Hall–Kier alpha value is -2.40. The lowest BCUT2D eigenvalue weighted by Gasteiger charge is -2.23. The minimum absolute atomic E-state index is 0.109. The van der Waals surface area contributed by atoms with Gasteiger partial charge in [0.1, 0.15) is 4.88 Å². The molecule has 0 saturated carbocycles. The summed E-state index contributed by atoms with van der Waals surface area (Å²) in [5.41, 5.74) is 4.25. The average Bonchev–Trinajstić information content (AvgIpc) is 3.11. The fourth-order valence-corrected chi connectivity index (χ4v) is 6.38. The highest BCUT2D eigenvalue weighted by Crippen LogP contribution is 2.49. The Labute approximate surface area is 194 Å². The highest BCUT2D eigenvalue weighted by atomic mass is 32.1. The second-order valence-electron chi connectivity index (χ2n) is 8.49. The summed E-state index contributed by atoms with van der Waals surface area (Å²) in [6.07, 6.45) is 0.751. The van der Waals surface area contributed by atoms with Gasteiger partial charge in [0.2, 0.25) is 0 Å². The van der Waals surface area contributed by atoms with E-state index in [0.717, 1.165) is 44.9 Å². The number of anilines is 1. The predicted octanol–water partition coefficient (Wildman–Crippen LogP) is 7.03. The van der Waals surface area contributed by atoms with E-state index in [0.29, 0.717) is 23.5 Å². The number of thiophene rings is 1. The number of carbonyl (C=O) groups is 1. The molecular formula is C25H30NO4PS. The summed E-state index contributed by atoms with van der Waals surface area (Å²) in [5.74, 6) is -0.670. The van der Waals surface area contributed by atoms with Gasteiger partial charge < -0.3 is 14.7 Å². The number of nitrogens with one attached hydrogen (secondary N) is 1. The Balaban J connectivity index is 2.03. The van der Waals surface area contributed by atoms with E-state index in [2.05, 4.69) is 18.9 Å². The molecular weight excluding hydrogens is 441 g/mol. The van der Waals surface area contributed by atoms with Crippen molar-refractivity contribution in [1.29, 1.82) is 0 Å². The molecule has 1 heterocycles. The summed E-state index contributed by atoms with van der Waals surface area (Å²) < 4.78 is 20.1. The Morgan fingerprint density at radius 2 is 1.72 bits per heavy atom. The van der Waals surface area contributed by atoms with E-state index in [-0.39, 0.29) is 4.88 Å². The molecule has 1 unspecified atom stereocenters. The second kappa shape index (κ2) is 10.0. The maximum Gasteiger partial charge on any atom is 0.348 e. The molecule has 0 saturated heterocycles. The van der Waals surface area contributed by atoms with Crippen molar-refractivity contribution >= 4 is 35.8 Å². The molecule has 0 aliphatic heterocycles. The molecule has 0 aliphatic rings. The minimum Gasteiger partial charge on any atom is -0.477 e. The summed E-state index contributed by atoms with van der Waals surface area (Å²) in [4.78, 5) is 12.9. The fourth-order valence-electron chi connectivity index (χ4n) is 3.37. The predicted molar refractivity (Wildman–Crippen MR) is 134 cm³/mol.